The molecule has 0 aliphatic rings. The lowest BCUT2D eigenvalue weighted by Gasteiger charge is -2.15. The van der Waals surface area contributed by atoms with Gasteiger partial charge in [0.05, 0.1) is 6.42 Å². The van der Waals surface area contributed by atoms with Gasteiger partial charge in [-0.15, -0.1) is 0 Å². The van der Waals surface area contributed by atoms with Crippen LogP contribution in [0.3, 0.4) is 0 Å². The van der Waals surface area contributed by atoms with Crippen LogP contribution in [0.15, 0.2) is 28.7 Å². The third-order valence-electron chi connectivity index (χ3n) is 2.48. The highest BCUT2D eigenvalue weighted by Crippen LogP contribution is 2.12. The minimum Gasteiger partial charge on any atom is -0.385 e. The predicted molar refractivity (Wildman–Crippen MR) is 80.1 cm³/mol. The molecule has 100 valence electrons. The summed E-state index contributed by atoms with van der Waals surface area (Å²) in [5, 5.41) is 3.73. The first kappa shape index (κ1) is 15.7. The zero-order chi connectivity index (χ0) is 13.4. The number of carbonyl (C=O) groups excluding carboxylic acids is 1. The number of halogens is 2. The molecule has 0 spiro atoms. The van der Waals surface area contributed by atoms with Gasteiger partial charge in [-0.1, -0.05) is 44.0 Å². The Labute approximate surface area is 125 Å². The zero-order valence-electron chi connectivity index (χ0n) is 10.3. The second-order valence-electron chi connectivity index (χ2n) is 4.01. The highest BCUT2D eigenvalue weighted by atomic mass is 79.9. The Morgan fingerprint density at radius 2 is 2.28 bits per heavy atom. The average molecular weight is 379 g/mol. The number of benzene rings is 1. The van der Waals surface area contributed by atoms with Crippen LogP contribution in [-0.2, 0) is 16.0 Å². The summed E-state index contributed by atoms with van der Waals surface area (Å²) in [5.74, 6) is 0.0358. The van der Waals surface area contributed by atoms with Gasteiger partial charge in [-0.25, -0.2) is 0 Å². The molecule has 1 aromatic carbocycles. The van der Waals surface area contributed by atoms with E-state index in [-0.39, 0.29) is 11.9 Å². The summed E-state index contributed by atoms with van der Waals surface area (Å²) in [4.78, 5) is 11.9. The summed E-state index contributed by atoms with van der Waals surface area (Å²) >= 11 is 6.79. The Bertz CT molecular complexity index is 385. The van der Waals surface area contributed by atoms with Gasteiger partial charge in [-0.2, -0.15) is 0 Å². The van der Waals surface area contributed by atoms with E-state index in [0.717, 1.165) is 21.8 Å². The molecule has 0 aliphatic carbocycles. The van der Waals surface area contributed by atoms with Crippen LogP contribution in [0.5, 0.6) is 0 Å². The van der Waals surface area contributed by atoms with Crippen molar-refractivity contribution in [2.45, 2.75) is 18.9 Å². The Balaban J connectivity index is 2.45. The average Bonchev–Trinajstić information content (AvgIpc) is 2.34. The molecule has 0 saturated heterocycles. The molecule has 1 unspecified atom stereocenters. The van der Waals surface area contributed by atoms with E-state index in [9.17, 15) is 4.79 Å². The highest BCUT2D eigenvalue weighted by Gasteiger charge is 2.11. The molecular weight excluding hydrogens is 362 g/mol. The van der Waals surface area contributed by atoms with Crippen LogP contribution in [0.4, 0.5) is 0 Å². The first-order chi connectivity index (χ1) is 8.65. The van der Waals surface area contributed by atoms with E-state index in [0.29, 0.717) is 13.0 Å². The molecule has 1 atom stereocenters. The fourth-order valence-corrected chi connectivity index (χ4v) is 2.49. The lowest BCUT2D eigenvalue weighted by Crippen LogP contribution is -2.37. The summed E-state index contributed by atoms with van der Waals surface area (Å²) in [6.45, 7) is 0.646. The Morgan fingerprint density at radius 1 is 1.50 bits per heavy atom. The van der Waals surface area contributed by atoms with Gasteiger partial charge in [0.1, 0.15) is 0 Å². The van der Waals surface area contributed by atoms with Crippen LogP contribution in [0.2, 0.25) is 0 Å². The number of nitrogens with one attached hydrogen (secondary N) is 1. The van der Waals surface area contributed by atoms with Crippen molar-refractivity contribution in [1.82, 2.24) is 5.32 Å². The molecule has 5 heteroatoms. The molecular formula is C13H17Br2NO2. The van der Waals surface area contributed by atoms with Crippen LogP contribution in [-0.4, -0.2) is 31.0 Å². The van der Waals surface area contributed by atoms with Gasteiger partial charge < -0.3 is 10.1 Å². The molecule has 1 rings (SSSR count). The predicted octanol–water partition coefficient (Wildman–Crippen LogP) is 2.91. The van der Waals surface area contributed by atoms with Crippen LogP contribution in [0, 0.1) is 0 Å². The van der Waals surface area contributed by atoms with Crippen molar-refractivity contribution in [1.29, 1.82) is 0 Å². The number of alkyl halides is 1. The topological polar surface area (TPSA) is 38.3 Å². The molecule has 1 N–H and O–H groups in total. The van der Waals surface area contributed by atoms with Gasteiger partial charge >= 0.3 is 0 Å². The van der Waals surface area contributed by atoms with Crippen molar-refractivity contribution in [2.75, 3.05) is 19.0 Å². The quantitative estimate of drug-likeness (QED) is 0.741. The maximum Gasteiger partial charge on any atom is 0.224 e. The van der Waals surface area contributed by atoms with Crippen LogP contribution in [0.1, 0.15) is 12.0 Å². The van der Waals surface area contributed by atoms with E-state index in [2.05, 4.69) is 37.2 Å². The summed E-state index contributed by atoms with van der Waals surface area (Å²) in [6, 6.07) is 7.89. The van der Waals surface area contributed by atoms with Gasteiger partial charge in [0.15, 0.2) is 0 Å². The van der Waals surface area contributed by atoms with E-state index in [4.69, 9.17) is 4.74 Å². The normalized spacial score (nSPS) is 12.2. The molecule has 18 heavy (non-hydrogen) atoms. The maximum absolute atomic E-state index is 11.9. The number of carbonyl (C=O) groups is 1. The maximum atomic E-state index is 11.9. The zero-order valence-corrected chi connectivity index (χ0v) is 13.5. The summed E-state index contributed by atoms with van der Waals surface area (Å²) < 4.78 is 6.00. The number of hydrogen-bond donors (Lipinski definition) is 1. The van der Waals surface area contributed by atoms with Crippen molar-refractivity contribution >= 4 is 37.8 Å². The Hall–Kier alpha value is -0.390. The van der Waals surface area contributed by atoms with Gasteiger partial charge in [-0.05, 0) is 24.1 Å². The molecule has 0 saturated carbocycles. The van der Waals surface area contributed by atoms with Gasteiger partial charge in [0.25, 0.3) is 0 Å². The van der Waals surface area contributed by atoms with E-state index < -0.39 is 0 Å². The van der Waals surface area contributed by atoms with E-state index in [1.807, 2.05) is 24.3 Å². The summed E-state index contributed by atoms with van der Waals surface area (Å²) in [6.07, 6.45) is 1.21. The van der Waals surface area contributed by atoms with Crippen LogP contribution in [0.25, 0.3) is 0 Å². The fourth-order valence-electron chi connectivity index (χ4n) is 1.56. The molecule has 0 bridgehead atoms. The molecule has 0 aromatic heterocycles. The Morgan fingerprint density at radius 3 is 2.89 bits per heavy atom. The SMILES string of the molecule is COCCC(CBr)NC(=O)Cc1cccc(Br)c1. The van der Waals surface area contributed by atoms with Gasteiger partial charge in [0, 0.05) is 29.6 Å². The van der Waals surface area contributed by atoms with Crippen molar-refractivity contribution < 1.29 is 9.53 Å². The molecule has 0 radical (unpaired) electrons. The van der Waals surface area contributed by atoms with Crippen molar-refractivity contribution in [3.63, 3.8) is 0 Å². The molecule has 0 fully saturated rings. The first-order valence-electron chi connectivity index (χ1n) is 5.74. The number of methoxy groups -OCH3 is 1. The third-order valence-corrected chi connectivity index (χ3v) is 3.75. The minimum atomic E-state index is 0.0358. The largest absolute Gasteiger partial charge is 0.385 e. The van der Waals surface area contributed by atoms with Crippen LogP contribution < -0.4 is 5.32 Å². The molecule has 0 aliphatic heterocycles. The lowest BCUT2D eigenvalue weighted by molar-refractivity contribution is -0.121. The summed E-state index contributed by atoms with van der Waals surface area (Å²) in [5.41, 5.74) is 1.00. The summed E-state index contributed by atoms with van der Waals surface area (Å²) in [7, 11) is 1.66. The second kappa shape index (κ2) is 8.67. The second-order valence-corrected chi connectivity index (χ2v) is 5.57. The van der Waals surface area contributed by atoms with Crippen molar-refractivity contribution in [3.05, 3.63) is 34.3 Å². The van der Waals surface area contributed by atoms with Crippen LogP contribution >= 0.6 is 31.9 Å². The van der Waals surface area contributed by atoms with E-state index in [1.54, 1.807) is 7.11 Å². The number of rotatable bonds is 7. The van der Waals surface area contributed by atoms with Gasteiger partial charge in [-0.3, -0.25) is 4.79 Å². The Kier molecular flexibility index (Phi) is 7.54. The lowest BCUT2D eigenvalue weighted by atomic mass is 10.1. The van der Waals surface area contributed by atoms with Gasteiger partial charge in [0.2, 0.25) is 5.91 Å². The molecule has 3 nitrogen and oxygen atoms in total. The molecule has 1 amide bonds. The molecule has 1 aromatic rings. The smallest absolute Gasteiger partial charge is 0.224 e. The minimum absolute atomic E-state index is 0.0358. The van der Waals surface area contributed by atoms with Crippen molar-refractivity contribution in [3.8, 4) is 0 Å². The van der Waals surface area contributed by atoms with E-state index in [1.165, 1.54) is 0 Å². The fraction of sp³-hybridized carbons (Fsp3) is 0.462. The monoisotopic (exact) mass is 377 g/mol. The molecule has 0 heterocycles. The van der Waals surface area contributed by atoms with E-state index >= 15 is 0 Å². The van der Waals surface area contributed by atoms with Crippen molar-refractivity contribution in [2.24, 2.45) is 0 Å². The first-order valence-corrected chi connectivity index (χ1v) is 7.66. The third kappa shape index (κ3) is 5.98. The highest BCUT2D eigenvalue weighted by molar-refractivity contribution is 9.10. The number of hydrogen-bond acceptors (Lipinski definition) is 2. The number of ether oxygens (including phenoxy) is 1. The standard InChI is InChI=1S/C13H17Br2NO2/c1-18-6-5-12(9-14)16-13(17)8-10-3-2-4-11(15)7-10/h2-4,7,12H,5-6,8-9H2,1H3,(H,16,17). The number of amides is 1.